The molecule has 7 atom stereocenters. The second-order valence-electron chi connectivity index (χ2n) is 14.8. The molecule has 0 bridgehead atoms. The molecule has 0 aliphatic heterocycles. The third-order valence-electron chi connectivity index (χ3n) is 9.81. The van der Waals surface area contributed by atoms with Crippen LogP contribution in [0.15, 0.2) is 0 Å². The number of unbranched alkanes of at least 4 members (excludes halogenated alkanes) is 13. The molecule has 12 N–H and O–H groups in total. The predicted octanol–water partition coefficient (Wildman–Crippen LogP) is 0.940. The average Bonchev–Trinajstić information content (AvgIpc) is 3.15. The molecule has 0 aliphatic carbocycles. The lowest BCUT2D eigenvalue weighted by Crippen LogP contribution is -2.63. The van der Waals surface area contributed by atoms with Gasteiger partial charge in [-0.15, -0.1) is 0 Å². The van der Waals surface area contributed by atoms with Gasteiger partial charge in [-0.2, -0.15) is 0 Å². The zero-order chi connectivity index (χ0) is 42.5. The summed E-state index contributed by atoms with van der Waals surface area (Å²) in [7, 11) is 1.22. The number of hydrogen-bond acceptors (Lipinski definition) is 11. The van der Waals surface area contributed by atoms with Crippen LogP contribution in [0.2, 0.25) is 0 Å². The van der Waals surface area contributed by atoms with E-state index in [0.29, 0.717) is 25.8 Å². The minimum absolute atomic E-state index is 0.00814. The van der Waals surface area contributed by atoms with Gasteiger partial charge in [0.15, 0.2) is 0 Å². The molecular weight excluding hydrogens is 726 g/mol. The molecule has 0 aromatic heterocycles. The van der Waals surface area contributed by atoms with E-state index < -0.39 is 78.6 Å². The summed E-state index contributed by atoms with van der Waals surface area (Å²) in [5, 5.41) is 49.4. The van der Waals surface area contributed by atoms with Gasteiger partial charge in [-0.1, -0.05) is 84.0 Å². The van der Waals surface area contributed by atoms with Crippen molar-refractivity contribution < 1.29 is 49.2 Å². The Bertz CT molecular complexity index is 1140. The zero-order valence-electron chi connectivity index (χ0n) is 34.4. The maximum absolute atomic E-state index is 13.6. The number of nitrogens with one attached hydrogen (secondary N) is 4. The molecule has 0 radical (unpaired) electrons. The van der Waals surface area contributed by atoms with Crippen molar-refractivity contribution in [2.75, 3.05) is 26.7 Å². The maximum Gasteiger partial charge on any atom is 0.328 e. The van der Waals surface area contributed by atoms with E-state index >= 15 is 0 Å². The van der Waals surface area contributed by atoms with Crippen LogP contribution in [0, 0.1) is 0 Å². The van der Waals surface area contributed by atoms with Crippen molar-refractivity contribution in [1.29, 1.82) is 0 Å². The highest BCUT2D eigenvalue weighted by molar-refractivity contribution is 5.96. The van der Waals surface area contributed by atoms with Gasteiger partial charge in [0.05, 0.1) is 18.8 Å². The largest absolute Gasteiger partial charge is 0.480 e. The topological polar surface area (TPSA) is 287 Å². The molecule has 0 rings (SSSR count). The summed E-state index contributed by atoms with van der Waals surface area (Å²) in [4.78, 5) is 78.8. The summed E-state index contributed by atoms with van der Waals surface area (Å²) in [6.07, 6.45) is 14.0. The minimum Gasteiger partial charge on any atom is -0.480 e. The van der Waals surface area contributed by atoms with Crippen molar-refractivity contribution >= 4 is 35.5 Å². The van der Waals surface area contributed by atoms with E-state index in [1.165, 1.54) is 78.7 Å². The molecule has 0 fully saturated rings. The van der Waals surface area contributed by atoms with Crippen LogP contribution < -0.4 is 32.7 Å². The van der Waals surface area contributed by atoms with Gasteiger partial charge < -0.3 is 58.1 Å². The number of likely N-dealkylation sites (N-methyl/N-ethyl adjacent to an activating group) is 1. The van der Waals surface area contributed by atoms with E-state index in [-0.39, 0.29) is 38.1 Å². The number of aliphatic carboxylic acids is 1. The molecule has 0 heterocycles. The van der Waals surface area contributed by atoms with Crippen molar-refractivity contribution in [3.05, 3.63) is 0 Å². The van der Waals surface area contributed by atoms with Gasteiger partial charge in [-0.3, -0.25) is 24.0 Å². The Morgan fingerprint density at radius 1 is 0.589 bits per heavy atom. The molecule has 56 heavy (non-hydrogen) atoms. The number of hydrogen-bond donors (Lipinski definition) is 10. The lowest BCUT2D eigenvalue weighted by Gasteiger charge is -2.33. The van der Waals surface area contributed by atoms with Crippen LogP contribution in [0.1, 0.15) is 143 Å². The van der Waals surface area contributed by atoms with Gasteiger partial charge in [0.25, 0.3) is 0 Å². The van der Waals surface area contributed by atoms with Crippen LogP contribution in [0.4, 0.5) is 0 Å². The first-order valence-electron chi connectivity index (χ1n) is 20.7. The number of carboxylic acid groups (broad SMARTS) is 1. The number of carbonyl (C=O) groups is 6. The van der Waals surface area contributed by atoms with Gasteiger partial charge in [-0.05, 0) is 65.5 Å². The number of carboxylic acids is 1. The summed E-state index contributed by atoms with van der Waals surface area (Å²) in [6, 6.07) is -7.22. The van der Waals surface area contributed by atoms with E-state index in [1.807, 2.05) is 0 Å². The van der Waals surface area contributed by atoms with Gasteiger partial charge in [0.1, 0.15) is 30.2 Å². The summed E-state index contributed by atoms with van der Waals surface area (Å²) in [6.45, 7) is 4.29. The summed E-state index contributed by atoms with van der Waals surface area (Å²) in [5.74, 6) is -5.40. The van der Waals surface area contributed by atoms with E-state index in [1.54, 1.807) is 0 Å². The Labute approximate surface area is 333 Å². The molecule has 5 amide bonds. The zero-order valence-corrected chi connectivity index (χ0v) is 34.4. The average molecular weight is 802 g/mol. The molecule has 0 saturated carbocycles. The minimum atomic E-state index is -1.66. The van der Waals surface area contributed by atoms with Crippen molar-refractivity contribution in [2.45, 2.75) is 185 Å². The standard InChI is InChI=1S/C39H75N7O10/c1-5-6-7-8-9-10-11-12-13-14-15-16-17-23-32(50)42-29(21-18-19-24-40)35(51)44-33(27(2)48)37(53)45-34(28(3)49)38(54)46(4)31(22-20-25-41)36(52)43-30(26-47)39(55)56/h27-31,33-34,47-49H,5-26,40-41H2,1-4H3,(H,42,50)(H,43,52)(H,44,51)(H,45,53)(H,55,56)/t27-,28-,29+,30+,31+,33+,34+/m1/s1. The van der Waals surface area contributed by atoms with Gasteiger partial charge in [-0.25, -0.2) is 4.79 Å². The SMILES string of the molecule is CCCCCCCCCCCCCCCC(=O)N[C@@H](CCCCN)C(=O)N[C@H](C(=O)N[C@H](C(=O)N(C)[C@@H](CCCN)C(=O)N[C@@H](CO)C(=O)O)[C@@H](C)O)[C@@H](C)O. The fourth-order valence-electron chi connectivity index (χ4n) is 6.26. The highest BCUT2D eigenvalue weighted by Gasteiger charge is 2.38. The third kappa shape index (κ3) is 22.4. The molecule has 0 aliphatic rings. The second-order valence-corrected chi connectivity index (χ2v) is 14.8. The van der Waals surface area contributed by atoms with Crippen molar-refractivity contribution in [2.24, 2.45) is 11.5 Å². The number of rotatable bonds is 34. The van der Waals surface area contributed by atoms with E-state index in [4.69, 9.17) is 11.5 Å². The van der Waals surface area contributed by atoms with E-state index in [9.17, 15) is 49.2 Å². The Balaban J connectivity index is 5.45. The monoisotopic (exact) mass is 802 g/mol. The molecule has 0 aromatic carbocycles. The lowest BCUT2D eigenvalue weighted by atomic mass is 10.0. The fourth-order valence-corrected chi connectivity index (χ4v) is 6.26. The molecule has 17 heteroatoms. The maximum atomic E-state index is 13.6. The summed E-state index contributed by atoms with van der Waals surface area (Å²) < 4.78 is 0. The van der Waals surface area contributed by atoms with Crippen LogP contribution in [0.25, 0.3) is 0 Å². The number of nitrogens with two attached hydrogens (primary N) is 2. The first-order chi connectivity index (χ1) is 26.7. The number of nitrogens with zero attached hydrogens (tertiary/aromatic N) is 1. The second kappa shape index (κ2) is 31.7. The summed E-state index contributed by atoms with van der Waals surface area (Å²) >= 11 is 0. The lowest BCUT2D eigenvalue weighted by molar-refractivity contribution is -0.147. The van der Waals surface area contributed by atoms with Crippen LogP contribution in [0.5, 0.6) is 0 Å². The Hall–Kier alpha value is -3.38. The van der Waals surface area contributed by atoms with Crippen molar-refractivity contribution in [1.82, 2.24) is 26.2 Å². The third-order valence-corrected chi connectivity index (χ3v) is 9.81. The van der Waals surface area contributed by atoms with Crippen LogP contribution >= 0.6 is 0 Å². The van der Waals surface area contributed by atoms with E-state index in [2.05, 4.69) is 28.2 Å². The molecule has 0 unspecified atom stereocenters. The Morgan fingerprint density at radius 3 is 1.55 bits per heavy atom. The predicted molar refractivity (Wildman–Crippen MR) is 214 cm³/mol. The molecular formula is C39H75N7O10. The first kappa shape index (κ1) is 52.6. The van der Waals surface area contributed by atoms with Gasteiger partial charge in [0.2, 0.25) is 29.5 Å². The van der Waals surface area contributed by atoms with Crippen LogP contribution in [0.3, 0.4) is 0 Å². The van der Waals surface area contributed by atoms with Crippen LogP contribution in [-0.2, 0) is 28.8 Å². The number of aliphatic hydroxyl groups excluding tert-OH is 3. The normalized spacial score (nSPS) is 15.0. The highest BCUT2D eigenvalue weighted by atomic mass is 16.4. The quantitative estimate of drug-likeness (QED) is 0.0407. The molecule has 0 aromatic rings. The first-order valence-corrected chi connectivity index (χ1v) is 20.7. The van der Waals surface area contributed by atoms with Crippen molar-refractivity contribution in [3.63, 3.8) is 0 Å². The number of amides is 5. The van der Waals surface area contributed by atoms with Crippen LogP contribution in [-0.4, -0.2) is 130 Å². The van der Waals surface area contributed by atoms with Crippen molar-refractivity contribution in [3.8, 4) is 0 Å². The van der Waals surface area contributed by atoms with E-state index in [0.717, 1.165) is 24.2 Å². The molecule has 0 spiro atoms. The Morgan fingerprint density at radius 2 is 1.09 bits per heavy atom. The summed E-state index contributed by atoms with van der Waals surface area (Å²) in [5.41, 5.74) is 11.2. The number of carbonyl (C=O) groups excluding carboxylic acids is 5. The van der Waals surface area contributed by atoms with Gasteiger partial charge in [0, 0.05) is 13.5 Å². The smallest absolute Gasteiger partial charge is 0.328 e. The Kier molecular flexibility index (Phi) is 29.8. The fraction of sp³-hybridized carbons (Fsp3) is 0.846. The van der Waals surface area contributed by atoms with Gasteiger partial charge >= 0.3 is 5.97 Å². The molecule has 0 saturated heterocycles. The highest BCUT2D eigenvalue weighted by Crippen LogP contribution is 2.14. The number of aliphatic hydroxyl groups is 3. The molecule has 326 valence electrons. The molecule has 17 nitrogen and oxygen atoms in total.